The molecule has 2 heterocycles. The summed E-state index contributed by atoms with van der Waals surface area (Å²) in [5.74, 6) is -0.336. The fourth-order valence-electron chi connectivity index (χ4n) is 2.83. The molecule has 1 aromatic heterocycles. The van der Waals surface area contributed by atoms with Crippen LogP contribution in [0.2, 0.25) is 0 Å². The van der Waals surface area contributed by atoms with Crippen LogP contribution in [-0.2, 0) is 0 Å². The molecule has 0 bridgehead atoms. The molecule has 0 saturated carbocycles. The summed E-state index contributed by atoms with van der Waals surface area (Å²) in [5, 5.41) is 0. The molecule has 1 amide bonds. The molecule has 0 unspecified atom stereocenters. The number of hydrogen-bond donors (Lipinski definition) is 0. The minimum Gasteiger partial charge on any atom is -0.406 e. The number of pyridine rings is 1. The molecule has 2 aromatic rings. The van der Waals surface area contributed by atoms with Gasteiger partial charge in [0.2, 0.25) is 0 Å². The topological polar surface area (TPSA) is 42.4 Å². The number of alkyl halides is 3. The minimum atomic E-state index is -4.72. The molecule has 7 heteroatoms. The predicted octanol–water partition coefficient (Wildman–Crippen LogP) is 4.27. The number of halogens is 3. The molecule has 0 N–H and O–H groups in total. The van der Waals surface area contributed by atoms with Crippen LogP contribution >= 0.6 is 0 Å². The van der Waals surface area contributed by atoms with Crippen molar-refractivity contribution in [2.24, 2.45) is 0 Å². The van der Waals surface area contributed by atoms with E-state index in [1.807, 2.05) is 4.90 Å². The second-order valence-corrected chi connectivity index (χ2v) is 5.85. The van der Waals surface area contributed by atoms with Crippen LogP contribution < -0.4 is 4.74 Å². The van der Waals surface area contributed by atoms with Gasteiger partial charge in [0.15, 0.2) is 0 Å². The number of hydrogen-bond acceptors (Lipinski definition) is 3. The van der Waals surface area contributed by atoms with Crippen molar-refractivity contribution in [1.82, 2.24) is 9.88 Å². The smallest absolute Gasteiger partial charge is 0.406 e. The number of nitrogens with zero attached hydrogens (tertiary/aromatic N) is 2. The van der Waals surface area contributed by atoms with Crippen LogP contribution in [0.1, 0.15) is 29.6 Å². The molecular weight excluding hydrogens is 333 g/mol. The number of amides is 1. The number of carbonyl (C=O) groups is 1. The monoisotopic (exact) mass is 350 g/mol. The van der Waals surface area contributed by atoms with E-state index in [-0.39, 0.29) is 11.7 Å². The van der Waals surface area contributed by atoms with Gasteiger partial charge in [0.05, 0.1) is 5.69 Å². The number of ether oxygens (including phenoxy) is 1. The van der Waals surface area contributed by atoms with Crippen LogP contribution in [0, 0.1) is 0 Å². The number of carbonyl (C=O) groups excluding carboxylic acids is 1. The van der Waals surface area contributed by atoms with Crippen molar-refractivity contribution in [3.05, 3.63) is 48.2 Å². The van der Waals surface area contributed by atoms with Crippen LogP contribution in [0.25, 0.3) is 11.3 Å². The lowest BCUT2D eigenvalue weighted by molar-refractivity contribution is -0.274. The standard InChI is InChI=1S/C18H17F3N2O2/c19-18(20,21)25-15-6-4-13(5-7-15)16-12-14(8-9-22-16)17(24)23-10-2-1-3-11-23/h4-9,12H,1-3,10-11H2. The van der Waals surface area contributed by atoms with Gasteiger partial charge in [0.25, 0.3) is 5.91 Å². The Bertz CT molecular complexity index is 739. The molecule has 0 aliphatic carbocycles. The van der Waals surface area contributed by atoms with Gasteiger partial charge in [0, 0.05) is 30.4 Å². The number of rotatable bonds is 3. The Morgan fingerprint density at radius 3 is 2.36 bits per heavy atom. The number of likely N-dealkylation sites (tertiary alicyclic amines) is 1. The highest BCUT2D eigenvalue weighted by Crippen LogP contribution is 2.26. The van der Waals surface area contributed by atoms with E-state index in [1.54, 1.807) is 12.1 Å². The number of aromatic nitrogens is 1. The Hall–Kier alpha value is -2.57. The average molecular weight is 350 g/mol. The normalized spacial score (nSPS) is 15.1. The molecule has 1 saturated heterocycles. The Kier molecular flexibility index (Phi) is 4.92. The third-order valence-corrected chi connectivity index (χ3v) is 4.03. The Morgan fingerprint density at radius 2 is 1.72 bits per heavy atom. The van der Waals surface area contributed by atoms with Gasteiger partial charge in [-0.1, -0.05) is 0 Å². The van der Waals surface area contributed by atoms with Crippen molar-refractivity contribution in [1.29, 1.82) is 0 Å². The molecule has 1 aliphatic rings. The molecule has 1 aromatic carbocycles. The summed E-state index contributed by atoms with van der Waals surface area (Å²) in [7, 11) is 0. The third kappa shape index (κ3) is 4.49. The maximum Gasteiger partial charge on any atom is 0.573 e. The largest absolute Gasteiger partial charge is 0.573 e. The van der Waals surface area contributed by atoms with E-state index < -0.39 is 6.36 Å². The zero-order chi connectivity index (χ0) is 17.9. The van der Waals surface area contributed by atoms with Crippen LogP contribution in [0.15, 0.2) is 42.6 Å². The van der Waals surface area contributed by atoms with Gasteiger partial charge in [0.1, 0.15) is 5.75 Å². The van der Waals surface area contributed by atoms with Crippen molar-refractivity contribution in [3.8, 4) is 17.0 Å². The summed E-state index contributed by atoms with van der Waals surface area (Å²) < 4.78 is 40.5. The molecule has 0 spiro atoms. The lowest BCUT2D eigenvalue weighted by atomic mass is 10.1. The number of benzene rings is 1. The predicted molar refractivity (Wildman–Crippen MR) is 86.1 cm³/mol. The van der Waals surface area contributed by atoms with Crippen molar-refractivity contribution in [2.45, 2.75) is 25.6 Å². The van der Waals surface area contributed by atoms with Crippen LogP contribution in [-0.4, -0.2) is 35.2 Å². The lowest BCUT2D eigenvalue weighted by Gasteiger charge is -2.26. The second-order valence-electron chi connectivity index (χ2n) is 5.85. The molecule has 1 fully saturated rings. The average Bonchev–Trinajstić information content (AvgIpc) is 2.61. The summed E-state index contributed by atoms with van der Waals surface area (Å²) in [6, 6.07) is 8.74. The SMILES string of the molecule is O=C(c1ccnc(-c2ccc(OC(F)(F)F)cc2)c1)N1CCCCC1. The summed E-state index contributed by atoms with van der Waals surface area (Å²) in [6.07, 6.45) is -0.0421. The van der Waals surface area contributed by atoms with Gasteiger partial charge in [-0.2, -0.15) is 0 Å². The van der Waals surface area contributed by atoms with Crippen molar-refractivity contribution >= 4 is 5.91 Å². The maximum atomic E-state index is 12.5. The van der Waals surface area contributed by atoms with E-state index in [1.165, 1.54) is 30.5 Å². The van der Waals surface area contributed by atoms with Gasteiger partial charge < -0.3 is 9.64 Å². The van der Waals surface area contributed by atoms with Crippen molar-refractivity contribution in [2.75, 3.05) is 13.1 Å². The molecule has 132 valence electrons. The zero-order valence-electron chi connectivity index (χ0n) is 13.4. The van der Waals surface area contributed by atoms with Crippen LogP contribution in [0.4, 0.5) is 13.2 Å². The molecule has 25 heavy (non-hydrogen) atoms. The highest BCUT2D eigenvalue weighted by atomic mass is 19.4. The van der Waals surface area contributed by atoms with E-state index in [0.29, 0.717) is 16.8 Å². The molecule has 4 nitrogen and oxygen atoms in total. The van der Waals surface area contributed by atoms with Gasteiger partial charge >= 0.3 is 6.36 Å². The van der Waals surface area contributed by atoms with E-state index >= 15 is 0 Å². The molecule has 0 atom stereocenters. The zero-order valence-corrected chi connectivity index (χ0v) is 13.4. The second kappa shape index (κ2) is 7.13. The van der Waals surface area contributed by atoms with Gasteiger partial charge in [-0.15, -0.1) is 13.2 Å². The lowest BCUT2D eigenvalue weighted by Crippen LogP contribution is -2.35. The fraction of sp³-hybridized carbons (Fsp3) is 0.333. The fourth-order valence-corrected chi connectivity index (χ4v) is 2.83. The Morgan fingerprint density at radius 1 is 1.04 bits per heavy atom. The van der Waals surface area contributed by atoms with Gasteiger partial charge in [-0.05, 0) is 55.7 Å². The summed E-state index contributed by atoms with van der Waals surface area (Å²) in [6.45, 7) is 1.50. The Labute approximate surface area is 143 Å². The quantitative estimate of drug-likeness (QED) is 0.830. The minimum absolute atomic E-state index is 0.0413. The summed E-state index contributed by atoms with van der Waals surface area (Å²) in [5.41, 5.74) is 1.67. The highest BCUT2D eigenvalue weighted by molar-refractivity contribution is 5.95. The number of piperidine rings is 1. The molecular formula is C18H17F3N2O2. The van der Waals surface area contributed by atoms with E-state index in [0.717, 1.165) is 32.4 Å². The van der Waals surface area contributed by atoms with E-state index in [2.05, 4.69) is 9.72 Å². The third-order valence-electron chi connectivity index (χ3n) is 4.03. The van der Waals surface area contributed by atoms with Gasteiger partial charge in [-0.25, -0.2) is 0 Å². The van der Waals surface area contributed by atoms with Crippen molar-refractivity contribution < 1.29 is 22.7 Å². The van der Waals surface area contributed by atoms with Crippen LogP contribution in [0.3, 0.4) is 0 Å². The summed E-state index contributed by atoms with van der Waals surface area (Å²) in [4.78, 5) is 18.6. The first kappa shape index (κ1) is 17.3. The first-order valence-electron chi connectivity index (χ1n) is 8.04. The summed E-state index contributed by atoms with van der Waals surface area (Å²) >= 11 is 0. The molecule has 3 rings (SSSR count). The first-order chi connectivity index (χ1) is 11.9. The first-order valence-corrected chi connectivity index (χ1v) is 8.04. The van der Waals surface area contributed by atoms with E-state index in [4.69, 9.17) is 0 Å². The maximum absolute atomic E-state index is 12.5. The van der Waals surface area contributed by atoms with Crippen molar-refractivity contribution in [3.63, 3.8) is 0 Å². The van der Waals surface area contributed by atoms with Gasteiger partial charge in [-0.3, -0.25) is 9.78 Å². The molecule has 1 aliphatic heterocycles. The van der Waals surface area contributed by atoms with Crippen LogP contribution in [0.5, 0.6) is 5.75 Å². The Balaban J connectivity index is 1.78. The highest BCUT2D eigenvalue weighted by Gasteiger charge is 2.31. The van der Waals surface area contributed by atoms with E-state index in [9.17, 15) is 18.0 Å². The molecule has 0 radical (unpaired) electrons.